The van der Waals surface area contributed by atoms with Crippen LogP contribution in [0, 0.1) is 0 Å². The van der Waals surface area contributed by atoms with Gasteiger partial charge in [-0.1, -0.05) is 47.8 Å². The second kappa shape index (κ2) is 2.64. The highest BCUT2D eigenvalue weighted by Gasteiger charge is 2.13. The van der Waals surface area contributed by atoms with E-state index in [-0.39, 0.29) is 6.61 Å². The van der Waals surface area contributed by atoms with Crippen molar-refractivity contribution in [3.8, 4) is 0 Å². The number of rotatable bonds is 0. The standard InChI is InChI=1S/C2H3Br3O/c3-2(4,5)1-6/h6H,1H2. The van der Waals surface area contributed by atoms with E-state index < -0.39 is 2.14 Å². The molecule has 0 atom stereocenters. The van der Waals surface area contributed by atoms with E-state index in [4.69, 9.17) is 5.11 Å². The third-order valence-corrected chi connectivity index (χ3v) is 0.932. The molecule has 0 unspecified atom stereocenters. The fourth-order valence-corrected chi connectivity index (χ4v) is 0. The molecule has 0 bridgehead atoms. The topological polar surface area (TPSA) is 20.2 Å². The molecule has 0 heterocycles. The van der Waals surface area contributed by atoms with Gasteiger partial charge < -0.3 is 5.11 Å². The molecule has 0 aromatic heterocycles. The lowest BCUT2D eigenvalue weighted by molar-refractivity contribution is 0.313. The number of hydrogen-bond donors (Lipinski definition) is 1. The highest BCUT2D eigenvalue weighted by molar-refractivity contribution is 9.39. The van der Waals surface area contributed by atoms with E-state index in [1.54, 1.807) is 0 Å². The molecular formula is C2H3Br3O. The maximum Gasteiger partial charge on any atom is 0.157 e. The lowest BCUT2D eigenvalue weighted by atomic mass is 10.9. The SMILES string of the molecule is OCC(Br)(Br)Br. The zero-order valence-electron chi connectivity index (χ0n) is 2.79. The summed E-state index contributed by atoms with van der Waals surface area (Å²) in [6, 6.07) is 0. The van der Waals surface area contributed by atoms with E-state index in [0.717, 1.165) is 0 Å². The van der Waals surface area contributed by atoms with Crippen LogP contribution in [0.5, 0.6) is 0 Å². The molecule has 0 amide bonds. The van der Waals surface area contributed by atoms with Crippen molar-refractivity contribution in [2.75, 3.05) is 6.61 Å². The average molecular weight is 283 g/mol. The van der Waals surface area contributed by atoms with Gasteiger partial charge in [0, 0.05) is 0 Å². The van der Waals surface area contributed by atoms with Gasteiger partial charge in [0.05, 0.1) is 6.61 Å². The number of halogens is 3. The van der Waals surface area contributed by atoms with Crippen LogP contribution in [0.25, 0.3) is 0 Å². The molecule has 0 spiro atoms. The van der Waals surface area contributed by atoms with Gasteiger partial charge in [-0.25, -0.2) is 0 Å². The summed E-state index contributed by atoms with van der Waals surface area (Å²) in [7, 11) is 0. The smallest absolute Gasteiger partial charge is 0.157 e. The van der Waals surface area contributed by atoms with Crippen molar-refractivity contribution in [3.63, 3.8) is 0 Å². The fourth-order valence-electron chi connectivity index (χ4n) is 0. The molecular weight excluding hydrogens is 280 g/mol. The summed E-state index contributed by atoms with van der Waals surface area (Å²) in [5, 5.41) is 8.26. The fraction of sp³-hybridized carbons (Fsp3) is 1.00. The molecule has 1 nitrogen and oxygen atoms in total. The molecule has 0 radical (unpaired) electrons. The summed E-state index contributed by atoms with van der Waals surface area (Å²) < 4.78 is -0.465. The van der Waals surface area contributed by atoms with E-state index in [2.05, 4.69) is 47.8 Å². The Morgan fingerprint density at radius 2 is 1.50 bits per heavy atom. The third kappa shape index (κ3) is 5.40. The van der Waals surface area contributed by atoms with Gasteiger partial charge in [-0.05, 0) is 0 Å². The van der Waals surface area contributed by atoms with Crippen LogP contribution in [0.4, 0.5) is 0 Å². The van der Waals surface area contributed by atoms with Crippen molar-refractivity contribution in [1.82, 2.24) is 0 Å². The van der Waals surface area contributed by atoms with Gasteiger partial charge in [0.2, 0.25) is 0 Å². The molecule has 0 aromatic carbocycles. The highest BCUT2D eigenvalue weighted by atomic mass is 80.0. The van der Waals surface area contributed by atoms with E-state index in [9.17, 15) is 0 Å². The first-order valence-corrected chi connectivity index (χ1v) is 3.62. The average Bonchev–Trinajstić information content (AvgIpc) is 1.35. The second-order valence-electron chi connectivity index (χ2n) is 0.773. The van der Waals surface area contributed by atoms with E-state index in [1.165, 1.54) is 0 Å². The summed E-state index contributed by atoms with van der Waals surface area (Å²) in [5.41, 5.74) is 0. The van der Waals surface area contributed by atoms with Gasteiger partial charge in [0.15, 0.2) is 2.14 Å². The molecule has 1 N–H and O–H groups in total. The molecule has 0 aliphatic rings. The number of alkyl halides is 3. The van der Waals surface area contributed by atoms with Crippen LogP contribution in [-0.2, 0) is 0 Å². The summed E-state index contributed by atoms with van der Waals surface area (Å²) >= 11 is 9.18. The molecule has 0 rings (SSSR count). The largest absolute Gasteiger partial charge is 0.393 e. The Balaban J connectivity index is 3.17. The first kappa shape index (κ1) is 7.40. The maximum atomic E-state index is 8.26. The third-order valence-electron chi connectivity index (χ3n) is 0.179. The molecule has 0 aliphatic carbocycles. The lowest BCUT2D eigenvalue weighted by Gasteiger charge is -2.03. The predicted octanol–water partition coefficient (Wildman–Crippen LogP) is 1.82. The van der Waals surface area contributed by atoms with Crippen LogP contribution >= 0.6 is 47.8 Å². The van der Waals surface area contributed by atoms with Crippen LogP contribution in [0.3, 0.4) is 0 Å². The summed E-state index contributed by atoms with van der Waals surface area (Å²) in [6.07, 6.45) is 0. The van der Waals surface area contributed by atoms with E-state index in [1.807, 2.05) is 0 Å². The van der Waals surface area contributed by atoms with Crippen molar-refractivity contribution in [3.05, 3.63) is 0 Å². The highest BCUT2D eigenvalue weighted by Crippen LogP contribution is 2.31. The van der Waals surface area contributed by atoms with Crippen LogP contribution in [0.15, 0.2) is 0 Å². The van der Waals surface area contributed by atoms with Crippen LogP contribution < -0.4 is 0 Å². The predicted molar refractivity (Wildman–Crippen MR) is 36.6 cm³/mol. The van der Waals surface area contributed by atoms with Gasteiger partial charge in [-0.15, -0.1) is 0 Å². The van der Waals surface area contributed by atoms with Gasteiger partial charge in [0.25, 0.3) is 0 Å². The van der Waals surface area contributed by atoms with Gasteiger partial charge in [-0.2, -0.15) is 0 Å². The van der Waals surface area contributed by atoms with Crippen molar-refractivity contribution < 1.29 is 5.11 Å². The Morgan fingerprint density at radius 1 is 1.33 bits per heavy atom. The summed E-state index contributed by atoms with van der Waals surface area (Å²) in [5.74, 6) is 0. The maximum absolute atomic E-state index is 8.26. The monoisotopic (exact) mass is 280 g/mol. The van der Waals surface area contributed by atoms with E-state index >= 15 is 0 Å². The van der Waals surface area contributed by atoms with Gasteiger partial charge >= 0.3 is 0 Å². The summed E-state index contributed by atoms with van der Waals surface area (Å²) in [4.78, 5) is 0. The zero-order chi connectivity index (χ0) is 5.21. The van der Waals surface area contributed by atoms with Crippen molar-refractivity contribution >= 4 is 47.8 Å². The number of hydrogen-bond acceptors (Lipinski definition) is 1. The molecule has 0 aromatic rings. The van der Waals surface area contributed by atoms with Crippen molar-refractivity contribution in [2.45, 2.75) is 2.14 Å². The lowest BCUT2D eigenvalue weighted by Crippen LogP contribution is -2.04. The Hall–Kier alpha value is 1.40. The van der Waals surface area contributed by atoms with Crippen molar-refractivity contribution in [1.29, 1.82) is 0 Å². The zero-order valence-corrected chi connectivity index (χ0v) is 7.55. The quantitative estimate of drug-likeness (QED) is 0.672. The van der Waals surface area contributed by atoms with Crippen LogP contribution in [0.1, 0.15) is 0 Å². The first-order chi connectivity index (χ1) is 2.56. The molecule has 0 saturated heterocycles. The Labute approximate surface area is 61.5 Å². The minimum absolute atomic E-state index is 0.0208. The van der Waals surface area contributed by atoms with E-state index in [0.29, 0.717) is 0 Å². The van der Waals surface area contributed by atoms with Gasteiger partial charge in [0.1, 0.15) is 0 Å². The van der Waals surface area contributed by atoms with Crippen LogP contribution in [-0.4, -0.2) is 13.9 Å². The Morgan fingerprint density at radius 3 is 1.50 bits per heavy atom. The number of aliphatic hydroxyl groups is 1. The Kier molecular flexibility index (Phi) is 3.26. The minimum atomic E-state index is -0.465. The molecule has 6 heavy (non-hydrogen) atoms. The molecule has 0 aliphatic heterocycles. The normalized spacial score (nSPS) is 12.0. The summed E-state index contributed by atoms with van der Waals surface area (Å²) in [6.45, 7) is 0.0208. The first-order valence-electron chi connectivity index (χ1n) is 1.24. The van der Waals surface area contributed by atoms with Crippen molar-refractivity contribution in [2.24, 2.45) is 0 Å². The minimum Gasteiger partial charge on any atom is -0.393 e. The number of aliphatic hydroxyl groups excluding tert-OH is 1. The molecule has 0 saturated carbocycles. The van der Waals surface area contributed by atoms with Crippen LogP contribution in [0.2, 0.25) is 0 Å². The Bertz CT molecular complexity index is 38.5. The molecule has 0 fully saturated rings. The molecule has 4 heteroatoms. The second-order valence-corrected chi connectivity index (χ2v) is 8.03. The van der Waals surface area contributed by atoms with Gasteiger partial charge in [-0.3, -0.25) is 0 Å². The molecule has 38 valence electrons.